The Labute approximate surface area is 173 Å². The third kappa shape index (κ3) is 4.23. The van der Waals surface area contributed by atoms with Crippen molar-refractivity contribution >= 4 is 46.3 Å². The highest BCUT2D eigenvalue weighted by Crippen LogP contribution is 2.33. The standard InChI is InChI=1S/C20H20Cl2FN3O2/c1-3-28-19(27)20(2)12-26(15-7-5-14(23)6-8-15)11-18(20)25-24-17-9-4-13(21)10-16(17)22/h4-10,24H,3,11-12H2,1-2H3/b25-18+. The maximum absolute atomic E-state index is 13.3. The van der Waals surface area contributed by atoms with E-state index >= 15 is 0 Å². The highest BCUT2D eigenvalue weighted by Gasteiger charge is 2.47. The van der Waals surface area contributed by atoms with E-state index in [9.17, 15) is 9.18 Å². The second kappa shape index (κ2) is 8.37. The normalized spacial score (nSPS) is 20.5. The molecule has 1 unspecified atom stereocenters. The van der Waals surface area contributed by atoms with Crippen LogP contribution >= 0.6 is 23.2 Å². The van der Waals surface area contributed by atoms with Crippen LogP contribution in [0.5, 0.6) is 0 Å². The number of nitrogens with zero attached hydrogens (tertiary/aromatic N) is 2. The van der Waals surface area contributed by atoms with Crippen molar-refractivity contribution in [3.8, 4) is 0 Å². The zero-order valence-corrected chi connectivity index (χ0v) is 17.0. The van der Waals surface area contributed by atoms with Crippen molar-refractivity contribution in [2.45, 2.75) is 13.8 Å². The first kappa shape index (κ1) is 20.4. The topological polar surface area (TPSA) is 53.9 Å². The molecule has 1 aliphatic heterocycles. The van der Waals surface area contributed by atoms with Crippen molar-refractivity contribution in [1.29, 1.82) is 0 Å². The maximum Gasteiger partial charge on any atom is 0.319 e. The van der Waals surface area contributed by atoms with Gasteiger partial charge < -0.3 is 9.64 Å². The van der Waals surface area contributed by atoms with Gasteiger partial charge in [-0.2, -0.15) is 5.10 Å². The first-order chi connectivity index (χ1) is 13.3. The predicted octanol–water partition coefficient (Wildman–Crippen LogP) is 4.99. The van der Waals surface area contributed by atoms with E-state index in [2.05, 4.69) is 10.5 Å². The Morgan fingerprint density at radius 2 is 2.00 bits per heavy atom. The van der Waals surface area contributed by atoms with Crippen LogP contribution in [0.15, 0.2) is 47.6 Å². The molecule has 0 radical (unpaired) electrons. The van der Waals surface area contributed by atoms with E-state index in [1.807, 2.05) is 4.90 Å². The van der Waals surface area contributed by atoms with Crippen molar-refractivity contribution in [3.05, 3.63) is 58.3 Å². The summed E-state index contributed by atoms with van der Waals surface area (Å²) in [5, 5.41) is 5.39. The second-order valence-electron chi connectivity index (χ2n) is 6.68. The maximum atomic E-state index is 13.3. The number of esters is 1. The Hall–Kier alpha value is -2.31. The molecule has 0 aromatic heterocycles. The Morgan fingerprint density at radius 1 is 1.29 bits per heavy atom. The summed E-state index contributed by atoms with van der Waals surface area (Å²) in [6, 6.07) is 11.1. The number of carbonyl (C=O) groups excluding carboxylic acids is 1. The summed E-state index contributed by atoms with van der Waals surface area (Å²) in [6.07, 6.45) is 0. The molecule has 148 valence electrons. The summed E-state index contributed by atoms with van der Waals surface area (Å²) in [4.78, 5) is 14.6. The minimum absolute atomic E-state index is 0.273. The minimum atomic E-state index is -0.948. The van der Waals surface area contributed by atoms with E-state index in [0.29, 0.717) is 34.5 Å². The number of anilines is 2. The van der Waals surface area contributed by atoms with Crippen LogP contribution in [-0.2, 0) is 9.53 Å². The lowest BCUT2D eigenvalue weighted by Crippen LogP contribution is -2.38. The summed E-state index contributed by atoms with van der Waals surface area (Å²) < 4.78 is 18.5. The van der Waals surface area contributed by atoms with Crippen molar-refractivity contribution in [2.24, 2.45) is 10.5 Å². The number of nitrogens with one attached hydrogen (secondary N) is 1. The van der Waals surface area contributed by atoms with Crippen molar-refractivity contribution in [3.63, 3.8) is 0 Å². The van der Waals surface area contributed by atoms with E-state index < -0.39 is 5.41 Å². The van der Waals surface area contributed by atoms with Crippen molar-refractivity contribution < 1.29 is 13.9 Å². The quantitative estimate of drug-likeness (QED) is 0.543. The molecule has 28 heavy (non-hydrogen) atoms. The Morgan fingerprint density at radius 3 is 2.64 bits per heavy atom. The molecule has 0 aliphatic carbocycles. The van der Waals surface area contributed by atoms with Gasteiger partial charge in [0.05, 0.1) is 29.6 Å². The molecule has 1 atom stereocenters. The molecular weight excluding hydrogens is 404 g/mol. The third-order valence-corrected chi connectivity index (χ3v) is 5.19. The second-order valence-corrected chi connectivity index (χ2v) is 7.52. The lowest BCUT2D eigenvalue weighted by molar-refractivity contribution is -0.149. The SMILES string of the molecule is CCOC(=O)C1(C)CN(c2ccc(F)cc2)C/C1=N\Nc1ccc(Cl)cc1Cl. The predicted molar refractivity (Wildman–Crippen MR) is 111 cm³/mol. The molecule has 5 nitrogen and oxygen atoms in total. The largest absolute Gasteiger partial charge is 0.465 e. The van der Waals surface area contributed by atoms with Crippen molar-refractivity contribution in [1.82, 2.24) is 0 Å². The molecular formula is C20H20Cl2FN3O2. The lowest BCUT2D eigenvalue weighted by Gasteiger charge is -2.23. The molecule has 0 spiro atoms. The van der Waals surface area contributed by atoms with E-state index in [-0.39, 0.29) is 18.4 Å². The molecule has 0 saturated carbocycles. The summed E-state index contributed by atoms with van der Waals surface area (Å²) in [5.74, 6) is -0.675. The van der Waals surface area contributed by atoms with Crippen LogP contribution in [0.2, 0.25) is 10.0 Å². The monoisotopic (exact) mass is 423 g/mol. The molecule has 1 N–H and O–H groups in total. The molecule has 0 amide bonds. The van der Waals surface area contributed by atoms with Gasteiger partial charge >= 0.3 is 5.97 Å². The zero-order valence-electron chi connectivity index (χ0n) is 15.5. The molecule has 1 aliphatic rings. The van der Waals surface area contributed by atoms with Gasteiger partial charge in [-0.05, 0) is 56.3 Å². The number of rotatable bonds is 5. The molecule has 8 heteroatoms. The summed E-state index contributed by atoms with van der Waals surface area (Å²) in [6.45, 7) is 4.58. The van der Waals surface area contributed by atoms with Crippen molar-refractivity contribution in [2.75, 3.05) is 30.0 Å². The van der Waals surface area contributed by atoms with E-state index in [1.54, 1.807) is 44.2 Å². The van der Waals surface area contributed by atoms with Crippen LogP contribution in [0, 0.1) is 11.2 Å². The summed E-state index contributed by atoms with van der Waals surface area (Å²) in [5.41, 5.74) is 3.94. The van der Waals surface area contributed by atoms with E-state index in [4.69, 9.17) is 27.9 Å². The van der Waals surface area contributed by atoms with Gasteiger partial charge in [-0.3, -0.25) is 10.2 Å². The van der Waals surface area contributed by atoms with Gasteiger partial charge in [-0.15, -0.1) is 0 Å². The number of benzene rings is 2. The van der Waals surface area contributed by atoms with Crippen LogP contribution in [0.1, 0.15) is 13.8 Å². The van der Waals surface area contributed by atoms with Gasteiger partial charge in [-0.1, -0.05) is 23.2 Å². The zero-order chi connectivity index (χ0) is 20.3. The summed E-state index contributed by atoms with van der Waals surface area (Å²) in [7, 11) is 0. The third-order valence-electron chi connectivity index (χ3n) is 4.64. The highest BCUT2D eigenvalue weighted by atomic mass is 35.5. The fourth-order valence-corrected chi connectivity index (χ4v) is 3.51. The lowest BCUT2D eigenvalue weighted by atomic mass is 9.88. The fourth-order valence-electron chi connectivity index (χ4n) is 3.06. The smallest absolute Gasteiger partial charge is 0.319 e. The number of hydrazone groups is 1. The van der Waals surface area contributed by atoms with Crippen LogP contribution in [0.25, 0.3) is 0 Å². The number of carbonyl (C=O) groups is 1. The average molecular weight is 424 g/mol. The van der Waals surface area contributed by atoms with Gasteiger partial charge in [0.15, 0.2) is 0 Å². The number of hydrogen-bond acceptors (Lipinski definition) is 5. The molecule has 1 heterocycles. The first-order valence-electron chi connectivity index (χ1n) is 8.79. The number of halogens is 3. The van der Waals surface area contributed by atoms with Crippen LogP contribution in [0.3, 0.4) is 0 Å². The van der Waals surface area contributed by atoms with E-state index in [0.717, 1.165) is 5.69 Å². The number of ether oxygens (including phenoxy) is 1. The molecule has 0 bridgehead atoms. The Kier molecular flexibility index (Phi) is 6.10. The molecule has 2 aromatic rings. The Bertz CT molecular complexity index is 905. The summed E-state index contributed by atoms with van der Waals surface area (Å²) >= 11 is 12.1. The average Bonchev–Trinajstić information content (AvgIpc) is 3.00. The van der Waals surface area contributed by atoms with Gasteiger partial charge in [-0.25, -0.2) is 4.39 Å². The van der Waals surface area contributed by atoms with Gasteiger partial charge in [0, 0.05) is 17.3 Å². The fraction of sp³-hybridized carbons (Fsp3) is 0.300. The van der Waals surface area contributed by atoms with Gasteiger partial charge in [0.1, 0.15) is 11.2 Å². The molecule has 3 rings (SSSR count). The van der Waals surface area contributed by atoms with E-state index in [1.165, 1.54) is 12.1 Å². The highest BCUT2D eigenvalue weighted by molar-refractivity contribution is 6.36. The minimum Gasteiger partial charge on any atom is -0.465 e. The molecule has 2 aromatic carbocycles. The van der Waals surface area contributed by atoms with Crippen LogP contribution in [0.4, 0.5) is 15.8 Å². The van der Waals surface area contributed by atoms with Crippen LogP contribution < -0.4 is 10.3 Å². The first-order valence-corrected chi connectivity index (χ1v) is 9.55. The Balaban J connectivity index is 1.90. The molecule has 1 saturated heterocycles. The van der Waals surface area contributed by atoms with Gasteiger partial charge in [0.25, 0.3) is 0 Å². The van der Waals surface area contributed by atoms with Crippen LogP contribution in [-0.4, -0.2) is 31.4 Å². The number of hydrogen-bond donors (Lipinski definition) is 1. The molecule has 1 fully saturated rings. The van der Waals surface area contributed by atoms with Gasteiger partial charge in [0.2, 0.25) is 0 Å².